The maximum absolute atomic E-state index is 12.5. The van der Waals surface area contributed by atoms with E-state index in [-0.39, 0.29) is 16.9 Å². The third-order valence-corrected chi connectivity index (χ3v) is 7.61. The van der Waals surface area contributed by atoms with Crippen molar-refractivity contribution in [2.75, 3.05) is 18.0 Å². The molecule has 170 valence electrons. The van der Waals surface area contributed by atoms with Crippen LogP contribution in [0.3, 0.4) is 0 Å². The summed E-state index contributed by atoms with van der Waals surface area (Å²) in [6.45, 7) is 3.06. The van der Waals surface area contributed by atoms with E-state index in [2.05, 4.69) is 9.89 Å². The molecule has 2 radical (unpaired) electrons. The van der Waals surface area contributed by atoms with Gasteiger partial charge in [0.2, 0.25) is 0 Å². The summed E-state index contributed by atoms with van der Waals surface area (Å²) in [6, 6.07) is 10.1. The Bertz CT molecular complexity index is 1510. The van der Waals surface area contributed by atoms with E-state index in [1.165, 1.54) is 0 Å². The second kappa shape index (κ2) is 8.14. The molecule has 1 fully saturated rings. The van der Waals surface area contributed by atoms with E-state index in [4.69, 9.17) is 9.17 Å². The van der Waals surface area contributed by atoms with Crippen molar-refractivity contribution >= 4 is 15.8 Å². The van der Waals surface area contributed by atoms with Crippen LogP contribution in [0, 0.1) is 24.5 Å². The number of hydrogen-bond donors (Lipinski definition) is 0. The number of hydrogen-bond acceptors (Lipinski definition) is 6. The normalized spacial score (nSPS) is 21.4. The van der Waals surface area contributed by atoms with Crippen LogP contribution in [0.1, 0.15) is 6.92 Å². The number of nitrogens with zero attached hydrogens (tertiary/aromatic N) is 4. The monoisotopic (exact) mass is 471 g/mol. The van der Waals surface area contributed by atoms with Crippen LogP contribution in [-0.2, 0) is 14.3 Å². The molecule has 0 spiro atoms. The van der Waals surface area contributed by atoms with Gasteiger partial charge in [0, 0.05) is 36.8 Å². The Morgan fingerprint density at radius 2 is 1.91 bits per heavy atom. The first kappa shape index (κ1) is 21.2. The van der Waals surface area contributed by atoms with Gasteiger partial charge in [0.1, 0.15) is 11.8 Å². The summed E-state index contributed by atoms with van der Waals surface area (Å²) in [5, 5.41) is 0. The summed E-state index contributed by atoms with van der Waals surface area (Å²) in [4.78, 5) is 11.7. The third kappa shape index (κ3) is 3.82. The third-order valence-electron chi connectivity index (χ3n) is 6.23. The Balaban J connectivity index is 1.12. The molecule has 0 saturated carbocycles. The summed E-state index contributed by atoms with van der Waals surface area (Å²) >= 11 is 0. The van der Waals surface area contributed by atoms with Crippen molar-refractivity contribution < 1.29 is 16.8 Å². The highest BCUT2D eigenvalue weighted by molar-refractivity contribution is 7.91. The Hall–Kier alpha value is -3.36. The van der Waals surface area contributed by atoms with E-state index in [0.717, 1.165) is 28.4 Å². The second-order valence-corrected chi connectivity index (χ2v) is 10.3. The molecule has 34 heavy (non-hydrogen) atoms. The van der Waals surface area contributed by atoms with Gasteiger partial charge in [-0.05, 0) is 54.8 Å². The molecule has 8 heteroatoms. The van der Waals surface area contributed by atoms with Crippen molar-refractivity contribution in [1.29, 1.82) is 0 Å². The van der Waals surface area contributed by atoms with Gasteiger partial charge in [-0.3, -0.25) is 4.18 Å². The number of benzene rings is 1. The number of allylic oxidation sites excluding steroid dienone is 6. The van der Waals surface area contributed by atoms with Crippen LogP contribution < -0.4 is 14.8 Å². The van der Waals surface area contributed by atoms with E-state index in [1.807, 2.05) is 84.8 Å². The lowest BCUT2D eigenvalue weighted by atomic mass is 10.0. The molecule has 2 aliphatic heterocycles. The predicted molar refractivity (Wildman–Crippen MR) is 128 cm³/mol. The van der Waals surface area contributed by atoms with Gasteiger partial charge in [-0.2, -0.15) is 12.7 Å². The van der Waals surface area contributed by atoms with Crippen molar-refractivity contribution in [3.63, 3.8) is 0 Å². The van der Waals surface area contributed by atoms with Crippen LogP contribution >= 0.6 is 0 Å². The minimum absolute atomic E-state index is 0.211. The zero-order valence-electron chi connectivity index (χ0n) is 18.6. The lowest BCUT2D eigenvalue weighted by molar-refractivity contribution is -0.534. The van der Waals surface area contributed by atoms with E-state index < -0.39 is 10.1 Å². The molecule has 1 aromatic carbocycles. The van der Waals surface area contributed by atoms with Crippen LogP contribution in [0.4, 0.5) is 5.69 Å². The highest BCUT2D eigenvalue weighted by atomic mass is 32.2. The van der Waals surface area contributed by atoms with Crippen molar-refractivity contribution in [3.05, 3.63) is 108 Å². The fourth-order valence-electron chi connectivity index (χ4n) is 4.28. The Morgan fingerprint density at radius 3 is 2.68 bits per heavy atom. The van der Waals surface area contributed by atoms with Crippen LogP contribution in [0.5, 0.6) is 0 Å². The summed E-state index contributed by atoms with van der Waals surface area (Å²) < 4.78 is 32.4. The number of rotatable bonds is 5. The largest absolute Gasteiger partial charge is 0.439 e. The van der Waals surface area contributed by atoms with Gasteiger partial charge in [-0.1, -0.05) is 35.1 Å². The first-order valence-electron chi connectivity index (χ1n) is 11.2. The molecular formula is C26H23N4O3S+. The Labute approximate surface area is 198 Å². The highest BCUT2D eigenvalue weighted by Crippen LogP contribution is 2.28. The van der Waals surface area contributed by atoms with Crippen molar-refractivity contribution in [3.8, 4) is 11.3 Å². The molecule has 0 N–H and O–H groups in total. The number of fused-ring (bicyclic) bond motifs is 2. The second-order valence-electron chi connectivity index (χ2n) is 8.69. The minimum Gasteiger partial charge on any atom is -0.366 e. The average molecular weight is 472 g/mol. The van der Waals surface area contributed by atoms with Gasteiger partial charge in [0.05, 0.1) is 11.1 Å². The van der Waals surface area contributed by atoms with Crippen LogP contribution in [-0.4, -0.2) is 32.6 Å². The Kier molecular flexibility index (Phi) is 5.08. The molecule has 0 bridgehead atoms. The zero-order valence-corrected chi connectivity index (χ0v) is 19.4. The van der Waals surface area contributed by atoms with Gasteiger partial charge in [0.25, 0.3) is 10.1 Å². The molecule has 1 atom stereocenters. The van der Waals surface area contributed by atoms with Gasteiger partial charge in [0.15, 0.2) is 11.4 Å². The molecule has 1 saturated heterocycles. The van der Waals surface area contributed by atoms with Crippen molar-refractivity contribution in [2.24, 2.45) is 10.9 Å². The minimum atomic E-state index is -3.74. The highest BCUT2D eigenvalue weighted by Gasteiger charge is 2.33. The predicted octanol–water partition coefficient (Wildman–Crippen LogP) is 2.54. The fourth-order valence-corrected chi connectivity index (χ4v) is 5.36. The standard InChI is InChI=1S/C26H23N4O3S/c1-18-6-12-22(13-7-18)34(31,32)33-21-16-29(17-21)20-10-8-19(9-11-20)23-14-15-30-25-5-3-2-4-24(25)28-26(30)27-23/h2-15,18,21H,16-17H2,1H3/q+1. The molecule has 0 amide bonds. The smallest absolute Gasteiger partial charge is 0.366 e. The quantitative estimate of drug-likeness (QED) is 0.495. The van der Waals surface area contributed by atoms with Crippen LogP contribution in [0.15, 0.2) is 88.6 Å². The van der Waals surface area contributed by atoms with E-state index in [0.29, 0.717) is 18.7 Å². The molecule has 4 aliphatic rings. The van der Waals surface area contributed by atoms with Crippen molar-refractivity contribution in [1.82, 2.24) is 4.98 Å². The van der Waals surface area contributed by atoms with Crippen LogP contribution in [0.25, 0.3) is 11.3 Å². The Morgan fingerprint density at radius 1 is 1.09 bits per heavy atom. The number of aromatic nitrogens is 2. The molecule has 2 aromatic rings. The maximum atomic E-state index is 12.5. The molecule has 1 aromatic heterocycles. The lowest BCUT2D eigenvalue weighted by Gasteiger charge is -2.40. The summed E-state index contributed by atoms with van der Waals surface area (Å²) in [6.07, 6.45) is 16.6. The molecular weight excluding hydrogens is 448 g/mol. The number of anilines is 1. The maximum Gasteiger partial charge on any atom is 0.439 e. The van der Waals surface area contributed by atoms with Crippen LogP contribution in [0.2, 0.25) is 0 Å². The zero-order chi connectivity index (χ0) is 23.3. The van der Waals surface area contributed by atoms with E-state index in [1.54, 1.807) is 12.2 Å². The van der Waals surface area contributed by atoms with Gasteiger partial charge >= 0.3 is 5.62 Å². The summed E-state index contributed by atoms with van der Waals surface area (Å²) in [5.41, 5.74) is 5.49. The molecule has 7 nitrogen and oxygen atoms in total. The van der Waals surface area contributed by atoms with Gasteiger partial charge < -0.3 is 4.90 Å². The van der Waals surface area contributed by atoms with Gasteiger partial charge in [-0.25, -0.2) is 0 Å². The average Bonchev–Trinajstić information content (AvgIpc) is 3.19. The molecule has 2 aliphatic carbocycles. The first-order valence-corrected chi connectivity index (χ1v) is 12.6. The van der Waals surface area contributed by atoms with E-state index in [9.17, 15) is 8.42 Å². The molecule has 6 rings (SSSR count). The summed E-state index contributed by atoms with van der Waals surface area (Å²) in [7, 11) is -3.74. The SMILES string of the molecule is CC1[CH]C=C(S(=O)(=O)OC2CN(c3ccc(-c4cc[n+]5c(n4)=NC4=C[CH]C=CC=54)cc3)C2)C=C1. The first-order chi connectivity index (χ1) is 16.5. The van der Waals surface area contributed by atoms with Crippen molar-refractivity contribution in [2.45, 2.75) is 13.0 Å². The molecule has 1 unspecified atom stereocenters. The molecule has 3 heterocycles. The fraction of sp³-hybridized carbons (Fsp3) is 0.192. The van der Waals surface area contributed by atoms with Gasteiger partial charge in [-0.15, -0.1) is 0 Å². The van der Waals surface area contributed by atoms with E-state index >= 15 is 0 Å². The lowest BCUT2D eigenvalue weighted by Crippen LogP contribution is -2.53. The summed E-state index contributed by atoms with van der Waals surface area (Å²) in [5.74, 6) is 0.234. The topological polar surface area (TPSA) is 77.8 Å².